The molecule has 0 aromatic carbocycles. The zero-order valence-electron chi connectivity index (χ0n) is 11.1. The Labute approximate surface area is 98.0 Å². The van der Waals surface area contributed by atoms with Gasteiger partial charge in [-0.2, -0.15) is 4.79 Å². The molecule has 0 heterocycles. The van der Waals surface area contributed by atoms with E-state index in [1.807, 2.05) is 0 Å². The van der Waals surface area contributed by atoms with Crippen LogP contribution in [0.25, 0.3) is 5.53 Å². The second-order valence-electron chi connectivity index (χ2n) is 4.98. The fourth-order valence-electron chi connectivity index (χ4n) is 2.45. The van der Waals surface area contributed by atoms with Gasteiger partial charge >= 0.3 is 12.2 Å². The Hall–Kier alpha value is -1.15. The number of carbonyl (C=O) groups excluding carboxylic acids is 1. The van der Waals surface area contributed by atoms with Gasteiger partial charge in [0.1, 0.15) is 6.10 Å². The molecule has 90 valence electrons. The second kappa shape index (κ2) is 5.80. The highest BCUT2D eigenvalue weighted by Gasteiger charge is 2.33. The molecule has 3 atom stereocenters. The van der Waals surface area contributed by atoms with E-state index < -0.39 is 12.2 Å². The molecule has 0 saturated heterocycles. The number of carbonyl (C=O) groups is 1. The van der Waals surface area contributed by atoms with E-state index in [1.54, 1.807) is 0 Å². The average molecular weight is 225 g/mol. The maximum Gasteiger partial charge on any atom is 0.413 e. The van der Waals surface area contributed by atoms with E-state index in [0.29, 0.717) is 17.8 Å². The number of nitrogens with zero attached hydrogens (tertiary/aromatic N) is 2. The Balaban J connectivity index is 2.70. The van der Waals surface area contributed by atoms with Crippen molar-refractivity contribution in [1.82, 2.24) is 0 Å². The minimum absolute atomic E-state index is 0.159. The van der Waals surface area contributed by atoms with Gasteiger partial charge in [-0.15, -0.1) is 0 Å². The molecule has 1 aliphatic rings. The van der Waals surface area contributed by atoms with Crippen LogP contribution in [0.15, 0.2) is 0 Å². The molecule has 0 aromatic rings. The van der Waals surface area contributed by atoms with Gasteiger partial charge in [-0.25, -0.2) is 4.79 Å². The molecule has 1 fully saturated rings. The fraction of sp³-hybridized carbons (Fsp3) is 0.833. The Kier molecular flexibility index (Phi) is 4.11. The minimum atomic E-state index is -0.836. The quantitative estimate of drug-likeness (QED) is 0.320. The molecular formula is C12H20N2O2. The van der Waals surface area contributed by atoms with E-state index in [1.165, 1.54) is 0 Å². The highest BCUT2D eigenvalue weighted by molar-refractivity contribution is 6.20. The summed E-state index contributed by atoms with van der Waals surface area (Å²) in [6, 6.07) is 0. The van der Waals surface area contributed by atoms with Gasteiger partial charge in [-0.1, -0.05) is 27.2 Å². The molecule has 0 bridgehead atoms. The van der Waals surface area contributed by atoms with Crippen molar-refractivity contribution in [2.75, 3.05) is 0 Å². The first-order valence-corrected chi connectivity index (χ1v) is 5.85. The number of ether oxygens (including phenoxy) is 1. The lowest BCUT2D eigenvalue weighted by Crippen LogP contribution is -2.36. The topological polar surface area (TPSA) is 62.7 Å². The molecule has 0 amide bonds. The molecule has 1 rings (SSSR count). The highest BCUT2D eigenvalue weighted by atomic mass is 16.5. The van der Waals surface area contributed by atoms with Gasteiger partial charge < -0.3 is 10.3 Å². The lowest BCUT2D eigenvalue weighted by Gasteiger charge is -2.36. The summed E-state index contributed by atoms with van der Waals surface area (Å²) in [4.78, 5) is 14.0. The minimum Gasteiger partial charge on any atom is -0.454 e. The molecule has 0 unspecified atom stereocenters. The summed E-state index contributed by atoms with van der Waals surface area (Å²) in [5, 5.41) is 0. The maximum atomic E-state index is 11.4. The zero-order valence-corrected chi connectivity index (χ0v) is 10.1. The monoisotopic (exact) mass is 225 g/mol. The summed E-state index contributed by atoms with van der Waals surface area (Å²) in [6.07, 6.45) is 2.13. The molecular weight excluding hydrogens is 204 g/mol. The summed E-state index contributed by atoms with van der Waals surface area (Å²) in [7, 11) is 0. The lowest BCUT2D eigenvalue weighted by atomic mass is 9.75. The van der Waals surface area contributed by atoms with E-state index in [0.717, 1.165) is 19.3 Å². The van der Waals surface area contributed by atoms with E-state index in [9.17, 15) is 4.79 Å². The normalized spacial score (nSPS) is 30.5. The van der Waals surface area contributed by atoms with E-state index in [-0.39, 0.29) is 6.10 Å². The Morgan fingerprint density at radius 3 is 2.88 bits per heavy atom. The highest BCUT2D eigenvalue weighted by Crippen LogP contribution is 2.35. The van der Waals surface area contributed by atoms with Crippen LogP contribution in [-0.2, 0) is 9.53 Å². The van der Waals surface area contributed by atoms with Crippen molar-refractivity contribution in [3.8, 4) is 0 Å². The average Bonchev–Trinajstić information content (AvgIpc) is 2.27. The molecule has 0 aromatic heterocycles. The Morgan fingerprint density at radius 1 is 1.62 bits per heavy atom. The number of hydrogen-bond acceptors (Lipinski definition) is 2. The standard InChI is InChI=1S/C12H20N2O2/c1-8(2)10-5-4-9(3)6-11(10)16-12(15)7-14-13/h7-11H,4-6H2,1-3H3/t9-,10+,11-/m0/s1/i7D. The van der Waals surface area contributed by atoms with Gasteiger partial charge in [0, 0.05) is 0 Å². The lowest BCUT2D eigenvalue weighted by molar-refractivity contribution is -0.150. The van der Waals surface area contributed by atoms with Crippen LogP contribution in [0.2, 0.25) is 0 Å². The van der Waals surface area contributed by atoms with Crippen molar-refractivity contribution in [3.63, 3.8) is 0 Å². The predicted octanol–water partition coefficient (Wildman–Crippen LogP) is 2.29. The number of rotatable bonds is 3. The largest absolute Gasteiger partial charge is 0.454 e. The zero-order chi connectivity index (χ0) is 13.0. The van der Waals surface area contributed by atoms with Crippen molar-refractivity contribution < 1.29 is 15.7 Å². The predicted molar refractivity (Wildman–Crippen MR) is 60.9 cm³/mol. The van der Waals surface area contributed by atoms with Crippen LogP contribution < -0.4 is 0 Å². The molecule has 16 heavy (non-hydrogen) atoms. The van der Waals surface area contributed by atoms with Crippen LogP contribution in [0.5, 0.6) is 0 Å². The first-order chi connectivity index (χ1) is 7.95. The van der Waals surface area contributed by atoms with Crippen molar-refractivity contribution in [2.45, 2.75) is 46.1 Å². The van der Waals surface area contributed by atoms with E-state index in [2.05, 4.69) is 25.6 Å². The Bertz CT molecular complexity index is 337. The van der Waals surface area contributed by atoms with E-state index >= 15 is 0 Å². The first-order valence-electron chi connectivity index (χ1n) is 6.35. The summed E-state index contributed by atoms with van der Waals surface area (Å²) in [5.41, 5.74) is 8.36. The van der Waals surface area contributed by atoms with Gasteiger partial charge in [-0.3, -0.25) is 0 Å². The molecule has 0 radical (unpaired) electrons. The summed E-state index contributed by atoms with van der Waals surface area (Å²) in [5.74, 6) is 0.475. The van der Waals surface area contributed by atoms with Gasteiger partial charge in [0.25, 0.3) is 0 Å². The first kappa shape index (κ1) is 11.3. The van der Waals surface area contributed by atoms with Crippen LogP contribution in [0.4, 0.5) is 0 Å². The molecule has 1 aliphatic carbocycles. The van der Waals surface area contributed by atoms with Gasteiger partial charge in [0.15, 0.2) is 1.37 Å². The molecule has 4 heteroatoms. The number of hydrogen-bond donors (Lipinski definition) is 0. The third kappa shape index (κ3) is 3.46. The summed E-state index contributed by atoms with van der Waals surface area (Å²) in [6.45, 7) is 6.37. The smallest absolute Gasteiger partial charge is 0.413 e. The third-order valence-corrected chi connectivity index (χ3v) is 3.36. The van der Waals surface area contributed by atoms with Crippen LogP contribution in [-0.4, -0.2) is 23.1 Å². The van der Waals surface area contributed by atoms with Crippen molar-refractivity contribution >= 4 is 12.2 Å². The summed E-state index contributed by atoms with van der Waals surface area (Å²) < 4.78 is 12.4. The molecule has 0 N–H and O–H groups in total. The van der Waals surface area contributed by atoms with Crippen LogP contribution >= 0.6 is 0 Å². The van der Waals surface area contributed by atoms with Crippen LogP contribution in [0.1, 0.15) is 41.4 Å². The van der Waals surface area contributed by atoms with Crippen molar-refractivity contribution in [1.29, 1.82) is 0 Å². The van der Waals surface area contributed by atoms with Crippen molar-refractivity contribution in [3.05, 3.63) is 5.53 Å². The summed E-state index contributed by atoms with van der Waals surface area (Å²) >= 11 is 0. The van der Waals surface area contributed by atoms with E-state index in [4.69, 9.17) is 11.6 Å². The van der Waals surface area contributed by atoms with Crippen LogP contribution in [0.3, 0.4) is 0 Å². The molecule has 0 aliphatic heterocycles. The SMILES string of the molecule is [2H]C(=[N+]=[N-])C(=O)O[C@H]1C[C@@H](C)CC[C@@H]1C(C)C. The Morgan fingerprint density at radius 2 is 2.31 bits per heavy atom. The van der Waals surface area contributed by atoms with Crippen molar-refractivity contribution in [2.24, 2.45) is 17.8 Å². The van der Waals surface area contributed by atoms with Gasteiger partial charge in [0.05, 0.1) is 0 Å². The van der Waals surface area contributed by atoms with Gasteiger partial charge in [0.2, 0.25) is 0 Å². The van der Waals surface area contributed by atoms with Gasteiger partial charge in [-0.05, 0) is 30.6 Å². The molecule has 1 saturated carbocycles. The molecule has 0 spiro atoms. The fourth-order valence-corrected chi connectivity index (χ4v) is 2.45. The van der Waals surface area contributed by atoms with Crippen LogP contribution in [0, 0.1) is 17.8 Å². The number of esters is 1. The third-order valence-electron chi connectivity index (χ3n) is 3.36. The second-order valence-corrected chi connectivity index (χ2v) is 4.98. The maximum absolute atomic E-state index is 11.4. The molecule has 4 nitrogen and oxygen atoms in total.